The van der Waals surface area contributed by atoms with E-state index in [9.17, 15) is 4.79 Å². The molecule has 0 bridgehead atoms. The Morgan fingerprint density at radius 1 is 0.815 bits per heavy atom. The minimum absolute atomic E-state index is 0.134. The van der Waals surface area contributed by atoms with Crippen molar-refractivity contribution < 1.29 is 4.79 Å². The van der Waals surface area contributed by atoms with E-state index >= 15 is 0 Å². The molecular weight excluding hydrogens is 330 g/mol. The first-order valence-electron chi connectivity index (χ1n) is 9.78. The van der Waals surface area contributed by atoms with Crippen LogP contribution in [0.15, 0.2) is 84.9 Å². The molecule has 27 heavy (non-hydrogen) atoms. The molecule has 4 rings (SSSR count). The summed E-state index contributed by atoms with van der Waals surface area (Å²) in [5.41, 5.74) is 3.95. The summed E-state index contributed by atoms with van der Waals surface area (Å²) in [6.45, 7) is 2.83. The Labute approximate surface area is 161 Å². The van der Waals surface area contributed by atoms with E-state index in [-0.39, 0.29) is 5.91 Å². The van der Waals surface area contributed by atoms with Gasteiger partial charge in [-0.15, -0.1) is 0 Å². The van der Waals surface area contributed by atoms with Gasteiger partial charge in [-0.05, 0) is 29.2 Å². The van der Waals surface area contributed by atoms with Crippen molar-refractivity contribution in [2.24, 2.45) is 0 Å². The van der Waals surface area contributed by atoms with Gasteiger partial charge in [-0.2, -0.15) is 0 Å². The zero-order valence-electron chi connectivity index (χ0n) is 15.8. The molecule has 0 saturated carbocycles. The van der Waals surface area contributed by atoms with Gasteiger partial charge in [0.25, 0.3) is 5.91 Å². The van der Waals surface area contributed by atoms with Crippen molar-refractivity contribution in [3.05, 3.63) is 107 Å². The van der Waals surface area contributed by atoms with Crippen molar-refractivity contribution in [3.63, 3.8) is 0 Å². The van der Waals surface area contributed by atoms with E-state index in [4.69, 9.17) is 0 Å². The van der Waals surface area contributed by atoms with E-state index in [0.717, 1.165) is 36.0 Å². The number of benzene rings is 3. The fourth-order valence-corrected chi connectivity index (χ4v) is 4.34. The summed E-state index contributed by atoms with van der Waals surface area (Å²) < 4.78 is 0. The zero-order chi connectivity index (χ0) is 18.7. The second kappa shape index (κ2) is 7.40. The van der Waals surface area contributed by atoms with Crippen LogP contribution in [0, 0.1) is 0 Å². The summed E-state index contributed by atoms with van der Waals surface area (Å²) in [5.74, 6) is 0.134. The molecule has 2 nitrogen and oxygen atoms in total. The summed E-state index contributed by atoms with van der Waals surface area (Å²) in [7, 11) is 0. The zero-order valence-corrected chi connectivity index (χ0v) is 15.8. The summed E-state index contributed by atoms with van der Waals surface area (Å²) in [6.07, 6.45) is 3.11. The molecule has 0 spiro atoms. The second-order valence-electron chi connectivity index (χ2n) is 7.25. The van der Waals surface area contributed by atoms with Crippen LogP contribution < -0.4 is 0 Å². The molecule has 0 radical (unpaired) electrons. The lowest BCUT2D eigenvalue weighted by Crippen LogP contribution is -2.44. The lowest BCUT2D eigenvalue weighted by Gasteiger charge is -2.40. The molecule has 1 aliphatic rings. The van der Waals surface area contributed by atoms with Crippen molar-refractivity contribution >= 4 is 5.91 Å². The van der Waals surface area contributed by atoms with Gasteiger partial charge in [0, 0.05) is 12.1 Å². The van der Waals surface area contributed by atoms with Crippen LogP contribution in [0.1, 0.15) is 53.2 Å². The van der Waals surface area contributed by atoms with Gasteiger partial charge in [0.2, 0.25) is 0 Å². The predicted octanol–water partition coefficient (Wildman–Crippen LogP) is 5.78. The van der Waals surface area contributed by atoms with Crippen LogP contribution in [0.2, 0.25) is 0 Å². The number of fused-ring (bicyclic) bond motifs is 1. The fourth-order valence-electron chi connectivity index (χ4n) is 4.34. The number of rotatable bonds is 6. The molecule has 1 unspecified atom stereocenters. The molecule has 0 fully saturated rings. The third kappa shape index (κ3) is 2.95. The lowest BCUT2D eigenvalue weighted by atomic mass is 9.78. The van der Waals surface area contributed by atoms with Crippen LogP contribution >= 0.6 is 0 Å². The number of amides is 1. The molecule has 1 atom stereocenters. The normalized spacial score (nSPS) is 18.6. The van der Waals surface area contributed by atoms with Crippen molar-refractivity contribution in [2.75, 3.05) is 0 Å². The standard InChI is InChI=1S/C25H25NO/c1-2-3-18-25(21-14-8-5-9-15-21)23-17-11-10-16-22(23)24(27)26(25)19-20-12-6-4-7-13-20/h4-17H,2-3,18-19H2,1H3. The van der Waals surface area contributed by atoms with E-state index < -0.39 is 5.54 Å². The van der Waals surface area contributed by atoms with Crippen molar-refractivity contribution in [3.8, 4) is 0 Å². The third-order valence-corrected chi connectivity index (χ3v) is 5.64. The van der Waals surface area contributed by atoms with Crippen LogP contribution in [0.5, 0.6) is 0 Å². The molecule has 0 aromatic heterocycles. The van der Waals surface area contributed by atoms with Gasteiger partial charge in [0.15, 0.2) is 0 Å². The molecule has 0 aliphatic carbocycles. The average molecular weight is 355 g/mol. The Kier molecular flexibility index (Phi) is 4.81. The quantitative estimate of drug-likeness (QED) is 0.549. The van der Waals surface area contributed by atoms with Crippen LogP contribution in [-0.2, 0) is 12.1 Å². The highest BCUT2D eigenvalue weighted by Gasteiger charge is 2.49. The van der Waals surface area contributed by atoms with Gasteiger partial charge >= 0.3 is 0 Å². The molecular formula is C25H25NO. The molecule has 136 valence electrons. The van der Waals surface area contributed by atoms with Gasteiger partial charge in [0.1, 0.15) is 0 Å². The van der Waals surface area contributed by atoms with Gasteiger partial charge in [0.05, 0.1) is 5.54 Å². The van der Waals surface area contributed by atoms with Gasteiger partial charge < -0.3 is 4.90 Å². The second-order valence-corrected chi connectivity index (χ2v) is 7.25. The number of nitrogens with zero attached hydrogens (tertiary/aromatic N) is 1. The molecule has 0 saturated heterocycles. The highest BCUT2D eigenvalue weighted by atomic mass is 16.2. The molecule has 0 N–H and O–H groups in total. The van der Waals surface area contributed by atoms with Crippen molar-refractivity contribution in [1.82, 2.24) is 4.90 Å². The number of unbranched alkanes of at least 4 members (excludes halogenated alkanes) is 1. The first-order valence-corrected chi connectivity index (χ1v) is 9.78. The minimum Gasteiger partial charge on any atom is -0.320 e. The maximum absolute atomic E-state index is 13.5. The molecule has 1 heterocycles. The summed E-state index contributed by atoms with van der Waals surface area (Å²) in [4.78, 5) is 15.6. The number of carbonyl (C=O) groups is 1. The highest BCUT2D eigenvalue weighted by Crippen LogP contribution is 2.48. The summed E-state index contributed by atoms with van der Waals surface area (Å²) in [6, 6.07) is 29.0. The van der Waals surface area contributed by atoms with Crippen LogP contribution in [0.25, 0.3) is 0 Å². The fraction of sp³-hybridized carbons (Fsp3) is 0.240. The Morgan fingerprint density at radius 3 is 2.15 bits per heavy atom. The van der Waals surface area contributed by atoms with Crippen LogP contribution in [0.4, 0.5) is 0 Å². The van der Waals surface area contributed by atoms with Crippen molar-refractivity contribution in [2.45, 2.75) is 38.3 Å². The lowest BCUT2D eigenvalue weighted by molar-refractivity contribution is 0.0578. The third-order valence-electron chi connectivity index (χ3n) is 5.64. The Balaban J connectivity index is 1.90. The number of hydrogen-bond acceptors (Lipinski definition) is 1. The van der Waals surface area contributed by atoms with Crippen LogP contribution in [-0.4, -0.2) is 10.8 Å². The van der Waals surface area contributed by atoms with E-state index in [1.54, 1.807) is 0 Å². The van der Waals surface area contributed by atoms with Crippen molar-refractivity contribution in [1.29, 1.82) is 0 Å². The minimum atomic E-state index is -0.402. The van der Waals surface area contributed by atoms with Gasteiger partial charge in [-0.25, -0.2) is 0 Å². The molecule has 3 aromatic carbocycles. The van der Waals surface area contributed by atoms with E-state index in [0.29, 0.717) is 6.54 Å². The summed E-state index contributed by atoms with van der Waals surface area (Å²) in [5, 5.41) is 0. The maximum Gasteiger partial charge on any atom is 0.255 e. The Bertz CT molecular complexity index is 919. The Hall–Kier alpha value is -2.87. The maximum atomic E-state index is 13.5. The highest BCUT2D eigenvalue weighted by molar-refractivity contribution is 6.00. The molecule has 1 amide bonds. The van der Waals surface area contributed by atoms with E-state index in [1.165, 1.54) is 5.56 Å². The van der Waals surface area contributed by atoms with E-state index in [1.807, 2.05) is 36.4 Å². The monoisotopic (exact) mass is 355 g/mol. The molecule has 2 heteroatoms. The predicted molar refractivity (Wildman–Crippen MR) is 110 cm³/mol. The van der Waals surface area contributed by atoms with Crippen LogP contribution in [0.3, 0.4) is 0 Å². The number of hydrogen-bond donors (Lipinski definition) is 0. The van der Waals surface area contributed by atoms with Gasteiger partial charge in [-0.1, -0.05) is 98.6 Å². The first kappa shape index (κ1) is 17.5. The Morgan fingerprint density at radius 2 is 1.44 bits per heavy atom. The first-order chi connectivity index (χ1) is 13.3. The SMILES string of the molecule is CCCCC1(c2ccccc2)c2ccccc2C(=O)N1Cc1ccccc1. The van der Waals surface area contributed by atoms with E-state index in [2.05, 4.69) is 60.4 Å². The van der Waals surface area contributed by atoms with Gasteiger partial charge in [-0.3, -0.25) is 4.79 Å². The molecule has 1 aliphatic heterocycles. The summed E-state index contributed by atoms with van der Waals surface area (Å²) >= 11 is 0. The smallest absolute Gasteiger partial charge is 0.255 e. The average Bonchev–Trinajstić information content (AvgIpc) is 2.97. The number of carbonyl (C=O) groups excluding carboxylic acids is 1. The topological polar surface area (TPSA) is 20.3 Å². The largest absolute Gasteiger partial charge is 0.320 e. The molecule has 3 aromatic rings.